The van der Waals surface area contributed by atoms with Crippen molar-refractivity contribution >= 4 is 28.6 Å². The summed E-state index contributed by atoms with van der Waals surface area (Å²) in [4.78, 5) is 10.6. The number of nitrogens with one attached hydrogen (secondary N) is 1. The van der Waals surface area contributed by atoms with Crippen LogP contribution in [0.1, 0.15) is 29.5 Å². The number of carbonyl (C=O) groups is 1. The largest absolute Gasteiger partial charge is 0.476 e. The van der Waals surface area contributed by atoms with Crippen LogP contribution in [0.3, 0.4) is 0 Å². The first-order valence-electron chi connectivity index (χ1n) is 3.62. The lowest BCUT2D eigenvalue weighted by Gasteiger charge is -1.92. The standard InChI is InChI=1S/C7H9IN2O2/c1-2-3-4-5(8)6(7(11)12)10-9-4/h2-3H2,1H3,(H,9,10)(H,11,12). The summed E-state index contributed by atoms with van der Waals surface area (Å²) in [6.07, 6.45) is 1.83. The summed E-state index contributed by atoms with van der Waals surface area (Å²) in [5.74, 6) is -0.974. The predicted octanol–water partition coefficient (Wildman–Crippen LogP) is 1.67. The molecule has 4 nitrogen and oxygen atoms in total. The summed E-state index contributed by atoms with van der Waals surface area (Å²) in [6, 6.07) is 0. The fourth-order valence-electron chi connectivity index (χ4n) is 0.922. The molecule has 0 saturated carbocycles. The van der Waals surface area contributed by atoms with Crippen molar-refractivity contribution in [2.75, 3.05) is 0 Å². The Morgan fingerprint density at radius 3 is 2.83 bits per heavy atom. The minimum Gasteiger partial charge on any atom is -0.476 e. The summed E-state index contributed by atoms with van der Waals surface area (Å²) in [7, 11) is 0. The number of rotatable bonds is 3. The highest BCUT2D eigenvalue weighted by Gasteiger charge is 2.15. The van der Waals surface area contributed by atoms with Crippen LogP contribution >= 0.6 is 22.6 Å². The van der Waals surface area contributed by atoms with Gasteiger partial charge in [0.15, 0.2) is 5.69 Å². The third-order valence-corrected chi connectivity index (χ3v) is 2.64. The molecule has 0 aliphatic carbocycles. The Kier molecular flexibility index (Phi) is 3.07. The highest BCUT2D eigenvalue weighted by molar-refractivity contribution is 14.1. The number of aromatic carboxylic acids is 1. The van der Waals surface area contributed by atoms with Gasteiger partial charge >= 0.3 is 5.97 Å². The van der Waals surface area contributed by atoms with Crippen molar-refractivity contribution in [1.29, 1.82) is 0 Å². The van der Waals surface area contributed by atoms with Crippen LogP contribution in [0.5, 0.6) is 0 Å². The number of aromatic nitrogens is 2. The van der Waals surface area contributed by atoms with Crippen LogP contribution in [0.15, 0.2) is 0 Å². The lowest BCUT2D eigenvalue weighted by atomic mass is 10.2. The van der Waals surface area contributed by atoms with Gasteiger partial charge < -0.3 is 5.11 Å². The van der Waals surface area contributed by atoms with Gasteiger partial charge in [-0.2, -0.15) is 5.10 Å². The molecule has 0 amide bonds. The molecule has 0 unspecified atom stereocenters. The molecule has 0 atom stereocenters. The van der Waals surface area contributed by atoms with Crippen LogP contribution in [0.4, 0.5) is 0 Å². The Labute approximate surface area is 83.5 Å². The number of H-pyrrole nitrogens is 1. The predicted molar refractivity (Wildman–Crippen MR) is 52.3 cm³/mol. The quantitative estimate of drug-likeness (QED) is 0.827. The molecule has 0 aliphatic rings. The van der Waals surface area contributed by atoms with Crippen LogP contribution in [-0.2, 0) is 6.42 Å². The number of aryl methyl sites for hydroxylation is 1. The number of hydrogen-bond acceptors (Lipinski definition) is 2. The normalized spacial score (nSPS) is 10.2. The van der Waals surface area contributed by atoms with E-state index >= 15 is 0 Å². The fourth-order valence-corrected chi connectivity index (χ4v) is 1.66. The minimum absolute atomic E-state index is 0.124. The molecule has 0 aliphatic heterocycles. The van der Waals surface area contributed by atoms with E-state index in [0.29, 0.717) is 0 Å². The maximum absolute atomic E-state index is 10.6. The van der Waals surface area contributed by atoms with E-state index in [2.05, 4.69) is 10.2 Å². The van der Waals surface area contributed by atoms with E-state index in [9.17, 15) is 4.79 Å². The van der Waals surface area contributed by atoms with E-state index in [1.807, 2.05) is 29.5 Å². The number of carboxylic acid groups (broad SMARTS) is 1. The van der Waals surface area contributed by atoms with Crippen LogP contribution in [-0.4, -0.2) is 21.3 Å². The van der Waals surface area contributed by atoms with Crippen molar-refractivity contribution in [3.63, 3.8) is 0 Å². The molecule has 1 aromatic rings. The van der Waals surface area contributed by atoms with Gasteiger partial charge in [-0.25, -0.2) is 4.79 Å². The third kappa shape index (κ3) is 1.77. The van der Waals surface area contributed by atoms with E-state index in [1.54, 1.807) is 0 Å². The molecule has 5 heteroatoms. The number of nitrogens with zero attached hydrogens (tertiary/aromatic N) is 1. The molecule has 0 saturated heterocycles. The van der Waals surface area contributed by atoms with Gasteiger partial charge in [0.25, 0.3) is 0 Å². The third-order valence-electron chi connectivity index (χ3n) is 1.48. The van der Waals surface area contributed by atoms with E-state index in [1.165, 1.54) is 0 Å². The summed E-state index contributed by atoms with van der Waals surface area (Å²) in [5.41, 5.74) is 1.04. The second kappa shape index (κ2) is 3.88. The van der Waals surface area contributed by atoms with Gasteiger partial charge in [0.1, 0.15) is 0 Å². The van der Waals surface area contributed by atoms with E-state index < -0.39 is 5.97 Å². The number of hydrogen-bond donors (Lipinski definition) is 2. The molecular formula is C7H9IN2O2. The van der Waals surface area contributed by atoms with Crippen molar-refractivity contribution in [2.24, 2.45) is 0 Å². The molecule has 0 spiro atoms. The average Bonchev–Trinajstić information content (AvgIpc) is 2.34. The van der Waals surface area contributed by atoms with Gasteiger partial charge in [0.05, 0.1) is 3.57 Å². The van der Waals surface area contributed by atoms with Gasteiger partial charge in [0.2, 0.25) is 0 Å². The van der Waals surface area contributed by atoms with E-state index in [-0.39, 0.29) is 5.69 Å². The van der Waals surface area contributed by atoms with E-state index in [4.69, 9.17) is 5.11 Å². The summed E-state index contributed by atoms with van der Waals surface area (Å²) < 4.78 is 0.724. The smallest absolute Gasteiger partial charge is 0.357 e. The lowest BCUT2D eigenvalue weighted by molar-refractivity contribution is 0.0689. The van der Waals surface area contributed by atoms with Gasteiger partial charge in [-0.15, -0.1) is 0 Å². The molecule has 66 valence electrons. The average molecular weight is 280 g/mol. The molecule has 0 radical (unpaired) electrons. The number of aromatic amines is 1. The number of carboxylic acids is 1. The number of halogens is 1. The first-order chi connectivity index (χ1) is 5.66. The zero-order chi connectivity index (χ0) is 9.14. The van der Waals surface area contributed by atoms with Crippen molar-refractivity contribution in [1.82, 2.24) is 10.2 Å². The topological polar surface area (TPSA) is 66.0 Å². The van der Waals surface area contributed by atoms with Crippen molar-refractivity contribution in [2.45, 2.75) is 19.8 Å². The lowest BCUT2D eigenvalue weighted by Crippen LogP contribution is -1.98. The molecular weight excluding hydrogens is 271 g/mol. The second-order valence-corrected chi connectivity index (χ2v) is 3.50. The first-order valence-corrected chi connectivity index (χ1v) is 4.70. The van der Waals surface area contributed by atoms with Crippen LogP contribution in [0, 0.1) is 3.57 Å². The van der Waals surface area contributed by atoms with Crippen LogP contribution < -0.4 is 0 Å². The minimum atomic E-state index is -0.974. The summed E-state index contributed by atoms with van der Waals surface area (Å²) >= 11 is 2.00. The molecule has 0 fully saturated rings. The van der Waals surface area contributed by atoms with E-state index in [0.717, 1.165) is 22.1 Å². The molecule has 1 heterocycles. The van der Waals surface area contributed by atoms with Crippen LogP contribution in [0.25, 0.3) is 0 Å². The Morgan fingerprint density at radius 1 is 1.75 bits per heavy atom. The maximum atomic E-state index is 10.6. The fraction of sp³-hybridized carbons (Fsp3) is 0.429. The zero-order valence-electron chi connectivity index (χ0n) is 6.59. The van der Waals surface area contributed by atoms with Crippen molar-refractivity contribution in [3.8, 4) is 0 Å². The summed E-state index contributed by atoms with van der Waals surface area (Å²) in [5, 5.41) is 15.1. The molecule has 1 rings (SSSR count). The molecule has 0 aromatic carbocycles. The van der Waals surface area contributed by atoms with Gasteiger partial charge in [0, 0.05) is 5.69 Å². The van der Waals surface area contributed by atoms with Crippen molar-refractivity contribution in [3.05, 3.63) is 15.0 Å². The van der Waals surface area contributed by atoms with Gasteiger partial charge in [-0.05, 0) is 29.0 Å². The first kappa shape index (κ1) is 9.50. The highest BCUT2D eigenvalue weighted by Crippen LogP contribution is 2.15. The van der Waals surface area contributed by atoms with Gasteiger partial charge in [-0.1, -0.05) is 13.3 Å². The van der Waals surface area contributed by atoms with Crippen LogP contribution in [0.2, 0.25) is 0 Å². The van der Waals surface area contributed by atoms with Crippen molar-refractivity contribution < 1.29 is 9.90 Å². The molecule has 12 heavy (non-hydrogen) atoms. The highest BCUT2D eigenvalue weighted by atomic mass is 127. The second-order valence-electron chi connectivity index (χ2n) is 2.42. The summed E-state index contributed by atoms with van der Waals surface area (Å²) in [6.45, 7) is 2.04. The monoisotopic (exact) mass is 280 g/mol. The molecule has 1 aromatic heterocycles. The maximum Gasteiger partial charge on any atom is 0.357 e. The Balaban J connectivity index is 2.96. The molecule has 0 bridgehead atoms. The molecule has 2 N–H and O–H groups in total. The Hall–Kier alpha value is -0.590. The van der Waals surface area contributed by atoms with Gasteiger partial charge in [-0.3, -0.25) is 5.10 Å². The Morgan fingerprint density at radius 2 is 2.42 bits per heavy atom. The SMILES string of the molecule is CCCc1[nH]nc(C(=O)O)c1I. The Bertz CT molecular complexity index is 296. The zero-order valence-corrected chi connectivity index (χ0v) is 8.75.